The average Bonchev–Trinajstić information content (AvgIpc) is 2.94. The van der Waals surface area contributed by atoms with Crippen molar-refractivity contribution in [3.05, 3.63) is 46.5 Å². The van der Waals surface area contributed by atoms with Crippen molar-refractivity contribution in [2.45, 2.75) is 13.0 Å². The zero-order valence-corrected chi connectivity index (χ0v) is 12.2. The molecule has 0 aliphatic rings. The molecule has 1 amide bonds. The molecule has 106 valence electrons. The molecule has 0 spiro atoms. The van der Waals surface area contributed by atoms with Crippen molar-refractivity contribution in [1.29, 1.82) is 0 Å². The molecular formula is C14H17N3O2S. The van der Waals surface area contributed by atoms with Gasteiger partial charge in [0.25, 0.3) is 5.91 Å². The molecule has 0 aliphatic heterocycles. The van der Waals surface area contributed by atoms with Crippen LogP contribution in [-0.2, 0) is 0 Å². The number of hydrogen-bond acceptors (Lipinski definition) is 5. The lowest BCUT2D eigenvalue weighted by atomic mass is 10.0. The van der Waals surface area contributed by atoms with Gasteiger partial charge in [-0.2, -0.15) is 0 Å². The molecule has 0 aliphatic carbocycles. The summed E-state index contributed by atoms with van der Waals surface area (Å²) in [5, 5.41) is 18.0. The Kier molecular flexibility index (Phi) is 4.70. The number of carbonyl (C=O) groups excluding carboxylic acids is 1. The number of rotatable bonds is 5. The highest BCUT2D eigenvalue weighted by molar-refractivity contribution is 7.13. The summed E-state index contributed by atoms with van der Waals surface area (Å²) in [5.41, 5.74) is 2.18. The van der Waals surface area contributed by atoms with Gasteiger partial charge in [-0.3, -0.25) is 4.79 Å². The highest BCUT2D eigenvalue weighted by Crippen LogP contribution is 2.17. The predicted octanol–water partition coefficient (Wildman–Crippen LogP) is 1.96. The van der Waals surface area contributed by atoms with Crippen molar-refractivity contribution in [1.82, 2.24) is 10.3 Å². The van der Waals surface area contributed by atoms with Gasteiger partial charge >= 0.3 is 0 Å². The number of thiazole rings is 1. The lowest BCUT2D eigenvalue weighted by molar-refractivity contribution is 0.0912. The van der Waals surface area contributed by atoms with Gasteiger partial charge in [0, 0.05) is 19.0 Å². The Morgan fingerprint density at radius 2 is 2.20 bits per heavy atom. The third kappa shape index (κ3) is 3.34. The third-order valence-electron chi connectivity index (χ3n) is 2.95. The van der Waals surface area contributed by atoms with E-state index in [1.54, 1.807) is 12.4 Å². The second-order valence-corrected chi connectivity index (χ2v) is 5.23. The molecule has 1 heterocycles. The van der Waals surface area contributed by atoms with E-state index in [1.807, 2.05) is 31.2 Å². The molecule has 5 nitrogen and oxygen atoms in total. The van der Waals surface area contributed by atoms with Gasteiger partial charge in [0.05, 0.1) is 6.10 Å². The Morgan fingerprint density at radius 3 is 2.85 bits per heavy atom. The fourth-order valence-electron chi connectivity index (χ4n) is 1.84. The number of nitrogens with one attached hydrogen (secondary N) is 2. The summed E-state index contributed by atoms with van der Waals surface area (Å²) in [4.78, 5) is 16.0. The molecule has 6 heteroatoms. The second kappa shape index (κ2) is 6.49. The van der Waals surface area contributed by atoms with Crippen molar-refractivity contribution in [3.63, 3.8) is 0 Å². The molecule has 0 radical (unpaired) electrons. The first-order valence-electron chi connectivity index (χ1n) is 6.27. The molecule has 1 aromatic carbocycles. The summed E-state index contributed by atoms with van der Waals surface area (Å²) in [7, 11) is 1.75. The first kappa shape index (κ1) is 14.5. The van der Waals surface area contributed by atoms with Crippen LogP contribution in [-0.4, -0.2) is 29.6 Å². The minimum Gasteiger partial charge on any atom is -0.387 e. The van der Waals surface area contributed by atoms with E-state index in [4.69, 9.17) is 0 Å². The van der Waals surface area contributed by atoms with Crippen LogP contribution >= 0.6 is 11.3 Å². The molecule has 0 saturated heterocycles. The zero-order valence-electron chi connectivity index (χ0n) is 11.4. The number of hydrogen-bond donors (Lipinski definition) is 3. The average molecular weight is 291 g/mol. The smallest absolute Gasteiger partial charge is 0.270 e. The predicted molar refractivity (Wildman–Crippen MR) is 80.1 cm³/mol. The normalized spacial score (nSPS) is 11.9. The van der Waals surface area contributed by atoms with Gasteiger partial charge in [-0.05, 0) is 18.1 Å². The Labute approximate surface area is 121 Å². The number of nitrogens with zero attached hydrogens (tertiary/aromatic N) is 1. The van der Waals surface area contributed by atoms with Gasteiger partial charge in [-0.15, -0.1) is 11.3 Å². The summed E-state index contributed by atoms with van der Waals surface area (Å²) in [6.07, 6.45) is -0.720. The standard InChI is InChI=1S/C14H17N3O2S/c1-9-5-3-4-6-10(9)12(18)7-16-13(19)11-8-20-14(15-2)17-11/h3-6,8,12,18H,7H2,1-2H3,(H,15,17)(H,16,19). The van der Waals surface area contributed by atoms with Crippen molar-refractivity contribution in [2.24, 2.45) is 0 Å². The lowest BCUT2D eigenvalue weighted by Gasteiger charge is -2.14. The summed E-state index contributed by atoms with van der Waals surface area (Å²) in [5.74, 6) is -0.282. The lowest BCUT2D eigenvalue weighted by Crippen LogP contribution is -2.28. The fraction of sp³-hybridized carbons (Fsp3) is 0.286. The van der Waals surface area contributed by atoms with E-state index in [2.05, 4.69) is 15.6 Å². The largest absolute Gasteiger partial charge is 0.387 e. The van der Waals surface area contributed by atoms with Crippen LogP contribution in [0.3, 0.4) is 0 Å². The topological polar surface area (TPSA) is 74.2 Å². The van der Waals surface area contributed by atoms with Crippen LogP contribution in [0, 0.1) is 6.92 Å². The summed E-state index contributed by atoms with van der Waals surface area (Å²) < 4.78 is 0. The molecule has 1 unspecified atom stereocenters. The highest BCUT2D eigenvalue weighted by atomic mass is 32.1. The molecule has 2 rings (SSSR count). The third-order valence-corrected chi connectivity index (χ3v) is 3.81. The van der Waals surface area contributed by atoms with Crippen LogP contribution in [0.5, 0.6) is 0 Å². The summed E-state index contributed by atoms with van der Waals surface area (Å²) in [6.45, 7) is 2.09. The molecule has 0 saturated carbocycles. The van der Waals surface area contributed by atoms with Crippen LogP contribution in [0.2, 0.25) is 0 Å². The minimum absolute atomic E-state index is 0.163. The first-order valence-corrected chi connectivity index (χ1v) is 7.15. The maximum atomic E-state index is 11.9. The number of anilines is 1. The number of aliphatic hydroxyl groups is 1. The van der Waals surface area contributed by atoms with Gasteiger partial charge in [-0.1, -0.05) is 24.3 Å². The number of aromatic nitrogens is 1. The van der Waals surface area contributed by atoms with E-state index in [-0.39, 0.29) is 12.5 Å². The monoisotopic (exact) mass is 291 g/mol. The van der Waals surface area contributed by atoms with E-state index >= 15 is 0 Å². The number of amides is 1. The Morgan fingerprint density at radius 1 is 1.45 bits per heavy atom. The zero-order chi connectivity index (χ0) is 14.5. The van der Waals surface area contributed by atoms with Crippen LogP contribution in [0.4, 0.5) is 5.13 Å². The second-order valence-electron chi connectivity index (χ2n) is 4.37. The maximum Gasteiger partial charge on any atom is 0.270 e. The van der Waals surface area contributed by atoms with Gasteiger partial charge in [0.1, 0.15) is 5.69 Å². The number of aryl methyl sites for hydroxylation is 1. The van der Waals surface area contributed by atoms with Gasteiger partial charge in [0.2, 0.25) is 0 Å². The molecule has 20 heavy (non-hydrogen) atoms. The summed E-state index contributed by atoms with van der Waals surface area (Å²) >= 11 is 1.37. The van der Waals surface area contributed by atoms with Crippen LogP contribution in [0.15, 0.2) is 29.6 Å². The molecule has 0 fully saturated rings. The molecule has 1 aromatic heterocycles. The van der Waals surface area contributed by atoms with Gasteiger partial charge < -0.3 is 15.7 Å². The van der Waals surface area contributed by atoms with Crippen molar-refractivity contribution in [2.75, 3.05) is 18.9 Å². The first-order chi connectivity index (χ1) is 9.61. The van der Waals surface area contributed by atoms with Crippen LogP contribution in [0.25, 0.3) is 0 Å². The molecule has 1 atom stereocenters. The van der Waals surface area contributed by atoms with E-state index in [0.717, 1.165) is 11.1 Å². The quantitative estimate of drug-likeness (QED) is 0.787. The minimum atomic E-state index is -0.720. The molecule has 0 bridgehead atoms. The van der Waals surface area contributed by atoms with Crippen LogP contribution < -0.4 is 10.6 Å². The van der Waals surface area contributed by atoms with E-state index < -0.39 is 6.10 Å². The van der Waals surface area contributed by atoms with E-state index in [9.17, 15) is 9.90 Å². The van der Waals surface area contributed by atoms with Crippen LogP contribution in [0.1, 0.15) is 27.7 Å². The van der Waals surface area contributed by atoms with Crippen molar-refractivity contribution >= 4 is 22.4 Å². The van der Waals surface area contributed by atoms with Gasteiger partial charge in [0.15, 0.2) is 5.13 Å². The number of aliphatic hydroxyl groups excluding tert-OH is 1. The SMILES string of the molecule is CNc1nc(C(=O)NCC(O)c2ccccc2C)cs1. The fourth-order valence-corrected chi connectivity index (χ4v) is 2.50. The number of carbonyl (C=O) groups is 1. The molecular weight excluding hydrogens is 274 g/mol. The Balaban J connectivity index is 1.95. The number of benzene rings is 1. The Hall–Kier alpha value is -1.92. The summed E-state index contributed by atoms with van der Waals surface area (Å²) in [6, 6.07) is 7.57. The maximum absolute atomic E-state index is 11.9. The molecule has 3 N–H and O–H groups in total. The Bertz CT molecular complexity index is 598. The van der Waals surface area contributed by atoms with E-state index in [1.165, 1.54) is 11.3 Å². The van der Waals surface area contributed by atoms with Crippen molar-refractivity contribution < 1.29 is 9.90 Å². The van der Waals surface area contributed by atoms with E-state index in [0.29, 0.717) is 10.8 Å². The van der Waals surface area contributed by atoms with Gasteiger partial charge in [-0.25, -0.2) is 4.98 Å². The molecule has 2 aromatic rings. The van der Waals surface area contributed by atoms with Crippen molar-refractivity contribution in [3.8, 4) is 0 Å². The highest BCUT2D eigenvalue weighted by Gasteiger charge is 2.14.